The van der Waals surface area contributed by atoms with Crippen molar-refractivity contribution in [3.05, 3.63) is 129 Å². The second kappa shape index (κ2) is 24.7. The Morgan fingerprint density at radius 2 is 1.01 bits per heavy atom. The van der Waals surface area contributed by atoms with Gasteiger partial charge in [0.15, 0.2) is 11.6 Å². The van der Waals surface area contributed by atoms with Crippen LogP contribution in [0.25, 0.3) is 0 Å². The van der Waals surface area contributed by atoms with Crippen LogP contribution in [-0.2, 0) is 25.6 Å². The van der Waals surface area contributed by atoms with Gasteiger partial charge in [-0.2, -0.15) is 20.5 Å². The van der Waals surface area contributed by atoms with Gasteiger partial charge in [-0.3, -0.25) is 28.8 Å². The largest absolute Gasteiger partial charge is 0.497 e. The third-order valence-electron chi connectivity index (χ3n) is 10.0. The molecule has 4 N–H and O–H groups in total. The molecule has 0 saturated heterocycles. The standard InChI is InChI=1S/C48H45Cl5N8O8/c1-24(50)31-16-34(22-36(18-31)68-5)55-45(64)29-7-10-38(52)41(20-29)58-60-43(26(3)62)47(66)54-33-9-12-40(28(15-33)13-14-49)57-48(67)44(27(4)63)61-59-42-21-30(8-11-39(42)53)46(65)56-35-17-32(25(2)51)19-37(23-35)69-6/h7-12,15-25,43-44H,13-14H2,1-6H3,(H,54,66)(H,55,64)(H,56,65)(H,57,67). The molecule has 0 fully saturated rings. The molecule has 0 saturated carbocycles. The number of hydrogen-bond acceptors (Lipinski definition) is 12. The van der Waals surface area contributed by atoms with Crippen LogP contribution in [0.5, 0.6) is 11.5 Å². The second-order valence-electron chi connectivity index (χ2n) is 15.2. The average molecular weight is 1040 g/mol. The quantitative estimate of drug-likeness (QED) is 0.0333. The zero-order chi connectivity index (χ0) is 50.5. The maximum atomic E-state index is 13.6. The summed E-state index contributed by atoms with van der Waals surface area (Å²) < 4.78 is 10.7. The van der Waals surface area contributed by atoms with Gasteiger partial charge < -0.3 is 30.7 Å². The Kier molecular flexibility index (Phi) is 19.2. The minimum absolute atomic E-state index is 0.0106. The zero-order valence-corrected chi connectivity index (χ0v) is 41.6. The number of carbonyl (C=O) groups is 6. The van der Waals surface area contributed by atoms with Crippen LogP contribution in [0.15, 0.2) is 111 Å². The first-order valence-corrected chi connectivity index (χ1v) is 23.0. The van der Waals surface area contributed by atoms with Crippen molar-refractivity contribution in [2.24, 2.45) is 20.5 Å². The maximum absolute atomic E-state index is 13.6. The van der Waals surface area contributed by atoms with Crippen molar-refractivity contribution in [3.8, 4) is 11.5 Å². The van der Waals surface area contributed by atoms with E-state index in [2.05, 4.69) is 41.7 Å². The molecule has 16 nitrogen and oxygen atoms in total. The maximum Gasteiger partial charge on any atom is 0.258 e. The lowest BCUT2D eigenvalue weighted by Gasteiger charge is -2.15. The van der Waals surface area contributed by atoms with Gasteiger partial charge in [0.2, 0.25) is 12.1 Å². The number of alkyl halides is 3. The van der Waals surface area contributed by atoms with Gasteiger partial charge >= 0.3 is 0 Å². The van der Waals surface area contributed by atoms with E-state index in [0.29, 0.717) is 28.4 Å². The molecule has 0 aliphatic rings. The number of aryl methyl sites for hydroxylation is 1. The molecule has 0 bridgehead atoms. The van der Waals surface area contributed by atoms with Crippen molar-refractivity contribution in [2.45, 2.75) is 57.0 Å². The van der Waals surface area contributed by atoms with Gasteiger partial charge in [-0.05, 0) is 130 Å². The van der Waals surface area contributed by atoms with E-state index < -0.39 is 47.3 Å². The molecular weight excluding hydrogens is 994 g/mol. The lowest BCUT2D eigenvalue weighted by molar-refractivity contribution is -0.127. The Morgan fingerprint density at radius 3 is 1.42 bits per heavy atom. The first-order valence-electron chi connectivity index (χ1n) is 20.8. The predicted octanol–water partition coefficient (Wildman–Crippen LogP) is 12.3. The SMILES string of the molecule is COc1cc(NC(=O)c2ccc(Cl)c(N=NC(C(C)=O)C(=O)Nc3ccc(NC(=O)C(N=Nc4cc(C(=O)Nc5cc(OC)cc(C(C)Cl)c5)ccc4Cl)C(C)=O)c(CCCl)c3)c2)cc(C(C)Cl)c1. The number of anilines is 4. The van der Waals surface area contributed by atoms with Crippen LogP contribution >= 0.6 is 58.0 Å². The van der Waals surface area contributed by atoms with Crippen molar-refractivity contribution in [1.82, 2.24) is 0 Å². The summed E-state index contributed by atoms with van der Waals surface area (Å²) in [6, 6.07) is 19.8. The molecule has 0 heterocycles. The normalized spacial score (nSPS) is 13.0. The Bertz CT molecular complexity index is 2840. The zero-order valence-electron chi connectivity index (χ0n) is 37.8. The number of amides is 4. The van der Waals surface area contributed by atoms with Gasteiger partial charge in [0.1, 0.15) is 22.9 Å². The number of nitrogens with zero attached hydrogens (tertiary/aromatic N) is 4. The highest BCUT2D eigenvalue weighted by atomic mass is 35.5. The van der Waals surface area contributed by atoms with Crippen molar-refractivity contribution in [1.29, 1.82) is 0 Å². The van der Waals surface area contributed by atoms with Crippen LogP contribution < -0.4 is 30.7 Å². The van der Waals surface area contributed by atoms with Gasteiger partial charge in [0, 0.05) is 51.9 Å². The van der Waals surface area contributed by atoms with Gasteiger partial charge in [0.25, 0.3) is 23.6 Å². The molecular formula is C48H45Cl5N8O8. The number of nitrogens with one attached hydrogen (secondary N) is 4. The molecule has 5 aromatic rings. The van der Waals surface area contributed by atoms with E-state index in [0.717, 1.165) is 25.0 Å². The summed E-state index contributed by atoms with van der Waals surface area (Å²) in [7, 11) is 2.98. The van der Waals surface area contributed by atoms with Crippen LogP contribution in [-0.4, -0.2) is 67.4 Å². The molecule has 21 heteroatoms. The molecule has 0 aliphatic carbocycles. The molecule has 4 atom stereocenters. The molecule has 0 aliphatic heterocycles. The van der Waals surface area contributed by atoms with Gasteiger partial charge in [-0.15, -0.1) is 34.8 Å². The number of ether oxygens (including phenoxy) is 2. The number of benzene rings is 5. The van der Waals surface area contributed by atoms with Crippen LogP contribution in [0.4, 0.5) is 34.1 Å². The third kappa shape index (κ3) is 14.8. The number of carbonyl (C=O) groups excluding carboxylic acids is 6. The van der Waals surface area contributed by atoms with E-state index in [1.54, 1.807) is 50.2 Å². The van der Waals surface area contributed by atoms with Crippen LogP contribution in [0, 0.1) is 0 Å². The van der Waals surface area contributed by atoms with Crippen LogP contribution in [0.1, 0.15) is 75.9 Å². The van der Waals surface area contributed by atoms with E-state index in [1.807, 2.05) is 0 Å². The van der Waals surface area contributed by atoms with E-state index in [1.165, 1.54) is 68.8 Å². The lowest BCUT2D eigenvalue weighted by atomic mass is 10.1. The molecule has 4 unspecified atom stereocenters. The van der Waals surface area contributed by atoms with Crippen molar-refractivity contribution < 1.29 is 38.2 Å². The number of rotatable bonds is 20. The molecule has 5 rings (SSSR count). The van der Waals surface area contributed by atoms with Crippen molar-refractivity contribution in [2.75, 3.05) is 41.4 Å². The van der Waals surface area contributed by atoms with Crippen molar-refractivity contribution in [3.63, 3.8) is 0 Å². The molecule has 0 radical (unpaired) electrons. The topological polar surface area (TPSA) is 218 Å². The Hall–Kier alpha value is -6.43. The fourth-order valence-electron chi connectivity index (χ4n) is 6.34. The summed E-state index contributed by atoms with van der Waals surface area (Å²) in [6.07, 6.45) is 0.197. The van der Waals surface area contributed by atoms with Crippen LogP contribution in [0.3, 0.4) is 0 Å². The van der Waals surface area contributed by atoms with Gasteiger partial charge in [0.05, 0.1) is 35.0 Å². The summed E-state index contributed by atoms with van der Waals surface area (Å²) >= 11 is 31.4. The van der Waals surface area contributed by atoms with Gasteiger partial charge in [-0.25, -0.2) is 0 Å². The summed E-state index contributed by atoms with van der Waals surface area (Å²) in [5.74, 6) is -2.96. The highest BCUT2D eigenvalue weighted by molar-refractivity contribution is 6.33. The van der Waals surface area contributed by atoms with E-state index in [9.17, 15) is 28.8 Å². The van der Waals surface area contributed by atoms with Crippen LogP contribution in [0.2, 0.25) is 10.0 Å². The number of ketones is 2. The summed E-state index contributed by atoms with van der Waals surface area (Å²) in [5.41, 5.74) is 3.52. The summed E-state index contributed by atoms with van der Waals surface area (Å²) in [6.45, 7) is 5.88. The fraction of sp³-hybridized carbons (Fsp3) is 0.250. The van der Waals surface area contributed by atoms with Crippen molar-refractivity contribution >= 4 is 127 Å². The number of Topliss-reactive ketones (excluding diaryl/α,β-unsaturated/α-hetero) is 2. The fourth-order valence-corrected chi connectivity index (χ4v) is 7.11. The second-order valence-corrected chi connectivity index (χ2v) is 17.7. The number of azo groups is 2. The smallest absolute Gasteiger partial charge is 0.258 e. The first-order chi connectivity index (χ1) is 32.8. The highest BCUT2D eigenvalue weighted by Gasteiger charge is 2.26. The molecule has 0 spiro atoms. The Labute approximate surface area is 422 Å². The summed E-state index contributed by atoms with van der Waals surface area (Å²) in [4.78, 5) is 79.0. The number of hydrogen-bond donors (Lipinski definition) is 4. The van der Waals surface area contributed by atoms with Gasteiger partial charge in [-0.1, -0.05) is 23.2 Å². The minimum Gasteiger partial charge on any atom is -0.497 e. The average Bonchev–Trinajstić information content (AvgIpc) is 3.30. The van der Waals surface area contributed by atoms with E-state index >= 15 is 0 Å². The highest BCUT2D eigenvalue weighted by Crippen LogP contribution is 2.33. The lowest BCUT2D eigenvalue weighted by Crippen LogP contribution is -2.32. The van der Waals surface area contributed by atoms with E-state index in [-0.39, 0.29) is 67.0 Å². The first kappa shape index (κ1) is 53.5. The molecule has 69 heavy (non-hydrogen) atoms. The summed E-state index contributed by atoms with van der Waals surface area (Å²) in [5, 5.41) is 26.4. The Morgan fingerprint density at radius 1 is 0.565 bits per heavy atom. The monoisotopic (exact) mass is 1040 g/mol. The third-order valence-corrected chi connectivity index (χ3v) is 11.3. The molecule has 4 amide bonds. The van der Waals surface area contributed by atoms with E-state index in [4.69, 9.17) is 67.5 Å². The Balaban J connectivity index is 1.28. The predicted molar refractivity (Wildman–Crippen MR) is 269 cm³/mol. The molecule has 0 aromatic heterocycles. The number of methoxy groups -OCH3 is 2. The number of halogens is 5. The molecule has 5 aromatic carbocycles. The molecule has 360 valence electrons. The minimum atomic E-state index is -1.64.